The largest absolute Gasteiger partial charge is 0.481 e. The number of rotatable bonds is 3. The van der Waals surface area contributed by atoms with Crippen molar-refractivity contribution in [2.75, 3.05) is 6.26 Å². The molecule has 0 aliphatic heterocycles. The normalized spacial score (nSPS) is 34.9. The molecule has 0 aromatic carbocycles. The molecule has 0 amide bonds. The van der Waals surface area contributed by atoms with Gasteiger partial charge in [0, 0.05) is 6.26 Å². The second-order valence-electron chi connectivity index (χ2n) is 4.34. The van der Waals surface area contributed by atoms with Crippen LogP contribution in [-0.2, 0) is 19.4 Å². The Morgan fingerprint density at radius 2 is 1.81 bits per heavy atom. The van der Waals surface area contributed by atoms with Gasteiger partial charge in [0.05, 0.1) is 5.92 Å². The van der Waals surface area contributed by atoms with E-state index in [1.54, 1.807) is 0 Å². The number of carboxylic acids is 2. The molecule has 16 heavy (non-hydrogen) atoms. The highest BCUT2D eigenvalue weighted by Gasteiger charge is 2.59. The molecule has 0 spiro atoms. The highest BCUT2D eigenvalue weighted by atomic mass is 32.2. The second-order valence-corrected chi connectivity index (χ2v) is 6.62. The number of hydrogen-bond donors (Lipinski definition) is 2. The summed E-state index contributed by atoms with van der Waals surface area (Å²) in [6, 6.07) is 0. The maximum absolute atomic E-state index is 11.6. The molecule has 3 atom stereocenters. The first-order valence-corrected chi connectivity index (χ1v) is 6.68. The number of sulfone groups is 1. The molecule has 1 rings (SSSR count). The van der Waals surface area contributed by atoms with Crippen molar-refractivity contribution in [2.24, 2.45) is 11.8 Å². The predicted molar refractivity (Wildman–Crippen MR) is 54.7 cm³/mol. The third-order valence-electron chi connectivity index (χ3n) is 3.36. The van der Waals surface area contributed by atoms with Crippen LogP contribution in [0.15, 0.2) is 0 Å². The molecular weight excluding hydrogens is 236 g/mol. The van der Waals surface area contributed by atoms with Gasteiger partial charge in [0.15, 0.2) is 14.6 Å². The Bertz CT molecular complexity index is 425. The second kappa shape index (κ2) is 3.73. The molecule has 2 N–H and O–H groups in total. The van der Waals surface area contributed by atoms with Crippen LogP contribution in [0.5, 0.6) is 0 Å². The van der Waals surface area contributed by atoms with Crippen LogP contribution in [0.25, 0.3) is 0 Å². The van der Waals surface area contributed by atoms with Crippen molar-refractivity contribution < 1.29 is 28.2 Å². The summed E-state index contributed by atoms with van der Waals surface area (Å²) < 4.78 is 21.3. The fraction of sp³-hybridized carbons (Fsp3) is 0.778. The van der Waals surface area contributed by atoms with Crippen molar-refractivity contribution in [2.45, 2.75) is 24.5 Å². The number of hydrogen-bond acceptors (Lipinski definition) is 4. The zero-order chi connectivity index (χ0) is 12.7. The van der Waals surface area contributed by atoms with Gasteiger partial charge in [0.1, 0.15) is 0 Å². The molecule has 1 saturated carbocycles. The van der Waals surface area contributed by atoms with Crippen molar-refractivity contribution >= 4 is 21.8 Å². The molecule has 3 unspecified atom stereocenters. The first kappa shape index (κ1) is 13.0. The van der Waals surface area contributed by atoms with E-state index in [4.69, 9.17) is 10.2 Å². The SMILES string of the molecule is CC1CC(C(=O)O)CC1(C(=O)O)S(C)(=O)=O. The summed E-state index contributed by atoms with van der Waals surface area (Å²) in [5.74, 6) is -4.19. The van der Waals surface area contributed by atoms with Crippen LogP contribution in [0.4, 0.5) is 0 Å². The maximum atomic E-state index is 11.6. The lowest BCUT2D eigenvalue weighted by Gasteiger charge is -2.26. The lowest BCUT2D eigenvalue weighted by Crippen LogP contribution is -2.48. The standard InChI is InChI=1S/C9H14O6S/c1-5-3-6(7(10)11)4-9(5,8(12)13)16(2,14)15/h5-6H,3-4H2,1-2H3,(H,10,11)(H,12,13). The fourth-order valence-corrected chi connectivity index (χ4v) is 4.08. The topological polar surface area (TPSA) is 109 Å². The van der Waals surface area contributed by atoms with Gasteiger partial charge in [-0.05, 0) is 18.8 Å². The molecular formula is C9H14O6S. The molecule has 6 nitrogen and oxygen atoms in total. The lowest BCUT2D eigenvalue weighted by atomic mass is 9.97. The Kier molecular flexibility index (Phi) is 3.02. The van der Waals surface area contributed by atoms with Crippen molar-refractivity contribution in [3.8, 4) is 0 Å². The van der Waals surface area contributed by atoms with E-state index in [0.29, 0.717) is 0 Å². The smallest absolute Gasteiger partial charge is 0.325 e. The van der Waals surface area contributed by atoms with Crippen LogP contribution in [0, 0.1) is 11.8 Å². The van der Waals surface area contributed by atoms with E-state index < -0.39 is 38.4 Å². The summed E-state index contributed by atoms with van der Waals surface area (Å²) >= 11 is 0. The van der Waals surface area contributed by atoms with E-state index in [9.17, 15) is 18.0 Å². The summed E-state index contributed by atoms with van der Waals surface area (Å²) in [5, 5.41) is 17.9. The summed E-state index contributed by atoms with van der Waals surface area (Å²) in [4.78, 5) is 22.0. The minimum Gasteiger partial charge on any atom is -0.481 e. The van der Waals surface area contributed by atoms with Crippen LogP contribution >= 0.6 is 0 Å². The summed E-state index contributed by atoms with van der Waals surface area (Å²) in [7, 11) is -3.84. The Morgan fingerprint density at radius 3 is 2.00 bits per heavy atom. The maximum Gasteiger partial charge on any atom is 0.325 e. The molecule has 92 valence electrons. The Hall–Kier alpha value is -1.11. The Balaban J connectivity index is 3.26. The van der Waals surface area contributed by atoms with Gasteiger partial charge in [-0.15, -0.1) is 0 Å². The Labute approximate surface area is 93.2 Å². The van der Waals surface area contributed by atoms with Crippen molar-refractivity contribution in [3.63, 3.8) is 0 Å². The lowest BCUT2D eigenvalue weighted by molar-refractivity contribution is -0.142. The minimum atomic E-state index is -3.84. The summed E-state index contributed by atoms with van der Waals surface area (Å²) in [5.41, 5.74) is 0. The third kappa shape index (κ3) is 1.68. The predicted octanol–water partition coefficient (Wildman–Crippen LogP) is -0.0149. The number of carbonyl (C=O) groups is 2. The highest BCUT2D eigenvalue weighted by molar-refractivity contribution is 7.92. The van der Waals surface area contributed by atoms with E-state index >= 15 is 0 Å². The molecule has 0 saturated heterocycles. The highest BCUT2D eigenvalue weighted by Crippen LogP contribution is 2.45. The van der Waals surface area contributed by atoms with E-state index in [1.165, 1.54) is 6.92 Å². The van der Waals surface area contributed by atoms with Crippen LogP contribution in [0.1, 0.15) is 19.8 Å². The van der Waals surface area contributed by atoms with Crippen molar-refractivity contribution in [1.29, 1.82) is 0 Å². The number of aliphatic carboxylic acids is 2. The Morgan fingerprint density at radius 1 is 1.31 bits per heavy atom. The molecule has 1 fully saturated rings. The molecule has 0 radical (unpaired) electrons. The first-order valence-electron chi connectivity index (χ1n) is 4.78. The molecule has 0 heterocycles. The van der Waals surface area contributed by atoms with Gasteiger partial charge in [0.25, 0.3) is 0 Å². The van der Waals surface area contributed by atoms with E-state index in [0.717, 1.165) is 6.26 Å². The minimum absolute atomic E-state index is 0.0781. The van der Waals surface area contributed by atoms with Crippen LogP contribution in [0.2, 0.25) is 0 Å². The average molecular weight is 250 g/mol. The average Bonchev–Trinajstić information content (AvgIpc) is 2.42. The third-order valence-corrected chi connectivity index (χ3v) is 5.42. The van der Waals surface area contributed by atoms with Crippen molar-refractivity contribution in [3.05, 3.63) is 0 Å². The van der Waals surface area contributed by atoms with E-state index in [1.807, 2.05) is 0 Å². The van der Waals surface area contributed by atoms with Gasteiger partial charge in [-0.1, -0.05) is 6.92 Å². The first-order chi connectivity index (χ1) is 7.13. The van der Waals surface area contributed by atoms with Gasteiger partial charge >= 0.3 is 11.9 Å². The van der Waals surface area contributed by atoms with Crippen LogP contribution in [-0.4, -0.2) is 41.6 Å². The van der Waals surface area contributed by atoms with Gasteiger partial charge in [-0.25, -0.2) is 8.42 Å². The van der Waals surface area contributed by atoms with Crippen molar-refractivity contribution in [1.82, 2.24) is 0 Å². The monoisotopic (exact) mass is 250 g/mol. The van der Waals surface area contributed by atoms with E-state index in [2.05, 4.69) is 0 Å². The summed E-state index contributed by atoms with van der Waals surface area (Å²) in [6.07, 6.45) is 0.578. The van der Waals surface area contributed by atoms with Gasteiger partial charge in [0.2, 0.25) is 0 Å². The zero-order valence-electron chi connectivity index (χ0n) is 9.00. The van der Waals surface area contributed by atoms with E-state index in [-0.39, 0.29) is 12.8 Å². The fourth-order valence-electron chi connectivity index (χ4n) is 2.43. The van der Waals surface area contributed by atoms with Gasteiger partial charge < -0.3 is 10.2 Å². The molecule has 1 aliphatic rings. The molecule has 0 aromatic heterocycles. The molecule has 1 aliphatic carbocycles. The summed E-state index contributed by atoms with van der Waals surface area (Å²) in [6.45, 7) is 1.47. The molecule has 0 bridgehead atoms. The van der Waals surface area contributed by atoms with Gasteiger partial charge in [-0.2, -0.15) is 0 Å². The molecule has 0 aromatic rings. The quantitative estimate of drug-likeness (QED) is 0.729. The number of carboxylic acid groups (broad SMARTS) is 2. The van der Waals surface area contributed by atoms with Crippen LogP contribution in [0.3, 0.4) is 0 Å². The van der Waals surface area contributed by atoms with Gasteiger partial charge in [-0.3, -0.25) is 9.59 Å². The zero-order valence-corrected chi connectivity index (χ0v) is 9.82. The molecule has 7 heteroatoms. The van der Waals surface area contributed by atoms with Crippen LogP contribution < -0.4 is 0 Å².